The van der Waals surface area contributed by atoms with Gasteiger partial charge in [0.15, 0.2) is 11.6 Å². The molecule has 0 bridgehead atoms. The normalized spacial score (nSPS) is 17.1. The van der Waals surface area contributed by atoms with Gasteiger partial charge in [-0.2, -0.15) is 10.4 Å². The second kappa shape index (κ2) is 40.4. The number of nitrogens with zero attached hydrogens (tertiary/aromatic N) is 15. The smallest absolute Gasteiger partial charge is 0.303 e. The summed E-state index contributed by atoms with van der Waals surface area (Å²) in [5.41, 5.74) is 9.81. The van der Waals surface area contributed by atoms with Crippen molar-refractivity contribution < 1.29 is 24.3 Å². The summed E-state index contributed by atoms with van der Waals surface area (Å²) in [5.74, 6) is 2.04. The molecule has 3 N–H and O–H groups in total. The van der Waals surface area contributed by atoms with Crippen LogP contribution in [-0.2, 0) is 32.1 Å². The number of hydrogen-bond donors (Lipinski definition) is 3. The second-order valence-corrected chi connectivity index (χ2v) is 31.7. The van der Waals surface area contributed by atoms with Gasteiger partial charge in [-0.3, -0.25) is 19.2 Å². The number of aliphatic carboxylic acids is 1. The van der Waals surface area contributed by atoms with Crippen molar-refractivity contribution in [2.45, 2.75) is 139 Å². The number of carboxylic acid groups (broad SMARTS) is 1. The molecule has 3 spiro atoms. The fourth-order valence-electron chi connectivity index (χ4n) is 18.7. The Morgan fingerprint density at radius 3 is 0.907 bits per heavy atom. The van der Waals surface area contributed by atoms with Crippen LogP contribution in [0, 0.1) is 0 Å². The third-order valence-electron chi connectivity index (χ3n) is 25.0. The van der Waals surface area contributed by atoms with E-state index in [2.05, 4.69) is 301 Å². The maximum Gasteiger partial charge on any atom is 0.303 e. The lowest BCUT2D eigenvalue weighted by Crippen LogP contribution is -2.56. The van der Waals surface area contributed by atoms with E-state index < -0.39 is 22.6 Å². The van der Waals surface area contributed by atoms with Crippen molar-refractivity contribution in [3.8, 4) is 0 Å². The van der Waals surface area contributed by atoms with E-state index in [1.165, 1.54) is 33.4 Å². The largest absolute Gasteiger partial charge is 0.481 e. The number of carbonyl (C=O) groups excluding carboxylic acids is 3. The highest BCUT2D eigenvalue weighted by Crippen LogP contribution is 2.44. The molecule has 6 saturated heterocycles. The van der Waals surface area contributed by atoms with Gasteiger partial charge in [0.25, 0.3) is 0 Å². The first-order chi connectivity index (χ1) is 57.0. The zero-order valence-corrected chi connectivity index (χ0v) is 66.3. The molecule has 17 rings (SSSR count). The van der Waals surface area contributed by atoms with Crippen molar-refractivity contribution in [3.05, 3.63) is 318 Å². The standard InChI is InChI=1S/C33H39N3O3.C31H35N7O.C30H33N7O.2CH4/c37-31(38)18-10-11-22-35-26-36(29-16-8-3-9-17-29)33(32(35)39)20-24-34(25-21-33)23-19-30(27-12-4-1-5-13-27)28-14-6-2-7-15-28;39-30-31(38(27-14-8-3-9-15-27)24-37(30)21-17-29-32-34-35-33-29)18-22-36(23-19-31)20-16-28(25-10-4-1-5-11-25)26-12-6-2-7-13-26;38-29-30(37(26-14-8-3-9-15-26)23-36(29)22-28-31-33-34-32-28)17-20-35(21-18-30)19-16-27(24-10-4-1-5-11-24)25-12-6-2-7-13-25;;/h1-9,12-17,30H,10-11,18-26H2,(H,37,38);1-15,28H,16-24H2,(H,32,33,34,35);1-15,27H,16-23H2,(H,31,32,33,34);2*1H4. The number of hydrogen-bond acceptors (Lipinski definition) is 16. The molecule has 3 amide bonds. The van der Waals surface area contributed by atoms with E-state index in [0.29, 0.717) is 88.3 Å². The third kappa shape index (κ3) is 19.8. The van der Waals surface area contributed by atoms with Crippen LogP contribution in [0.3, 0.4) is 0 Å². The Kier molecular flexibility index (Phi) is 28.8. The SMILES string of the molecule is C.C.O=C(O)CCCCN1CN(c2ccccc2)C2(CCN(CCC(c3ccccc3)c3ccccc3)CC2)C1=O.O=C1N(CCc2nn[nH]n2)CN(c2ccccc2)C12CCN(CCC(c1ccccc1)c1ccccc1)CC2.O=C1N(Cc2nn[nH]n2)CN(c2ccccc2)C12CCN(CCC(c1ccccc1)c1ccccc1)CC2. The molecule has 6 aliphatic rings. The molecule has 22 heteroatoms. The predicted molar refractivity (Wildman–Crippen MR) is 466 cm³/mol. The summed E-state index contributed by atoms with van der Waals surface area (Å²) in [7, 11) is 0. The highest BCUT2D eigenvalue weighted by Gasteiger charge is 2.56. The summed E-state index contributed by atoms with van der Waals surface area (Å²) in [6.45, 7) is 11.6. The van der Waals surface area contributed by atoms with E-state index in [-0.39, 0.29) is 39.0 Å². The Hall–Kier alpha value is -11.7. The van der Waals surface area contributed by atoms with E-state index in [0.717, 1.165) is 134 Å². The van der Waals surface area contributed by atoms with Gasteiger partial charge in [0.05, 0.1) is 26.6 Å². The Morgan fingerprint density at radius 1 is 0.347 bits per heavy atom. The Morgan fingerprint density at radius 2 is 0.619 bits per heavy atom. The van der Waals surface area contributed by atoms with Gasteiger partial charge in [-0.1, -0.05) is 262 Å². The molecular weight excluding hydrogens is 1470 g/mol. The van der Waals surface area contributed by atoms with Gasteiger partial charge in [0.2, 0.25) is 17.7 Å². The van der Waals surface area contributed by atoms with Gasteiger partial charge in [-0.05, 0) is 160 Å². The maximum atomic E-state index is 14.0. The van der Waals surface area contributed by atoms with Crippen LogP contribution in [-0.4, -0.2) is 208 Å². The highest BCUT2D eigenvalue weighted by atomic mass is 16.4. The summed E-state index contributed by atoms with van der Waals surface area (Å²) >= 11 is 0. The number of aromatic amines is 2. The fourth-order valence-corrected chi connectivity index (χ4v) is 18.7. The minimum atomic E-state index is -0.778. The number of tetrazole rings is 2. The molecule has 0 aliphatic carbocycles. The van der Waals surface area contributed by atoms with Gasteiger partial charge >= 0.3 is 5.97 Å². The second-order valence-electron chi connectivity index (χ2n) is 31.7. The zero-order valence-electron chi connectivity index (χ0n) is 66.3. The number of para-hydroxylation sites is 3. The van der Waals surface area contributed by atoms with Crippen LogP contribution in [0.25, 0.3) is 0 Å². The van der Waals surface area contributed by atoms with Gasteiger partial charge in [0.1, 0.15) is 16.6 Å². The average Bonchev–Trinajstić information content (AvgIpc) is 1.60. The summed E-state index contributed by atoms with van der Waals surface area (Å²) in [6, 6.07) is 95.7. The van der Waals surface area contributed by atoms with Crippen molar-refractivity contribution in [3.63, 3.8) is 0 Å². The number of carbonyl (C=O) groups is 4. The number of aromatic nitrogens is 8. The Balaban J connectivity index is 0.000000152. The van der Waals surface area contributed by atoms with Crippen LogP contribution in [0.4, 0.5) is 17.1 Å². The van der Waals surface area contributed by atoms with Crippen molar-refractivity contribution in [1.29, 1.82) is 0 Å². The lowest BCUT2D eigenvalue weighted by atomic mass is 9.84. The van der Waals surface area contributed by atoms with Gasteiger partial charge in [0, 0.05) is 100 Å². The topological polar surface area (TPSA) is 227 Å². The molecule has 0 atom stereocenters. The summed E-state index contributed by atoms with van der Waals surface area (Å²) in [6.07, 6.45) is 10.0. The molecule has 0 saturated carbocycles. The number of piperidine rings is 3. The number of likely N-dealkylation sites (tertiary alicyclic amines) is 3. The maximum absolute atomic E-state index is 14.0. The molecule has 614 valence electrons. The zero-order chi connectivity index (χ0) is 79.4. The number of rotatable bonds is 28. The van der Waals surface area contributed by atoms with Gasteiger partial charge in [-0.15, -0.1) is 20.4 Å². The fraction of sp³-hybridized carbons (Fsp3) is 0.375. The van der Waals surface area contributed by atoms with Crippen molar-refractivity contribution in [2.75, 3.05) is 107 Å². The van der Waals surface area contributed by atoms with Gasteiger partial charge in [-0.25, -0.2) is 0 Å². The Bertz CT molecular complexity index is 4700. The molecule has 6 aliphatic heterocycles. The lowest BCUT2D eigenvalue weighted by Gasteiger charge is -2.43. The average molecular weight is 1590 g/mol. The molecule has 9 aromatic carbocycles. The number of anilines is 3. The van der Waals surface area contributed by atoms with E-state index >= 15 is 0 Å². The monoisotopic (exact) mass is 1590 g/mol. The van der Waals surface area contributed by atoms with Crippen molar-refractivity contribution in [1.82, 2.24) is 70.6 Å². The minimum Gasteiger partial charge on any atom is -0.481 e. The third-order valence-corrected chi connectivity index (χ3v) is 25.0. The quantitative estimate of drug-likeness (QED) is 0.0387. The molecule has 118 heavy (non-hydrogen) atoms. The molecule has 22 nitrogen and oxygen atoms in total. The number of unbranched alkanes of at least 4 members (excludes halogenated alkanes) is 1. The Labute approximate surface area is 695 Å². The van der Waals surface area contributed by atoms with E-state index in [1.54, 1.807) is 0 Å². The summed E-state index contributed by atoms with van der Waals surface area (Å²) in [4.78, 5) is 73.0. The molecule has 0 radical (unpaired) electrons. The van der Waals surface area contributed by atoms with E-state index in [9.17, 15) is 19.2 Å². The number of nitrogens with one attached hydrogen (secondary N) is 2. The van der Waals surface area contributed by atoms with Crippen molar-refractivity contribution >= 4 is 40.8 Å². The number of benzene rings is 9. The molecular formula is C96H115N17O5. The van der Waals surface area contributed by atoms with Gasteiger partial charge < -0.3 is 49.2 Å². The van der Waals surface area contributed by atoms with Crippen LogP contribution in [0.2, 0.25) is 0 Å². The van der Waals surface area contributed by atoms with Crippen LogP contribution in [0.1, 0.15) is 155 Å². The predicted octanol–water partition coefficient (Wildman–Crippen LogP) is 15.0. The first kappa shape index (κ1) is 84.2. The molecule has 2 aromatic heterocycles. The van der Waals surface area contributed by atoms with E-state index in [4.69, 9.17) is 5.11 Å². The van der Waals surface area contributed by atoms with Crippen LogP contribution in [0.15, 0.2) is 273 Å². The highest BCUT2D eigenvalue weighted by molar-refractivity contribution is 5.95. The molecule has 6 fully saturated rings. The number of amides is 3. The summed E-state index contributed by atoms with van der Waals surface area (Å²) in [5, 5.41) is 37.6. The first-order valence-electron chi connectivity index (χ1n) is 41.5. The molecule has 11 aromatic rings. The van der Waals surface area contributed by atoms with Crippen LogP contribution >= 0.6 is 0 Å². The van der Waals surface area contributed by atoms with Crippen LogP contribution < -0.4 is 14.7 Å². The van der Waals surface area contributed by atoms with Crippen molar-refractivity contribution in [2.24, 2.45) is 0 Å². The van der Waals surface area contributed by atoms with Crippen LogP contribution in [0.5, 0.6) is 0 Å². The lowest BCUT2D eigenvalue weighted by molar-refractivity contribution is -0.137. The summed E-state index contributed by atoms with van der Waals surface area (Å²) < 4.78 is 0. The van der Waals surface area contributed by atoms with E-state index in [1.807, 2.05) is 57.2 Å². The molecule has 8 heterocycles. The number of carboxylic acids is 1. The molecule has 0 unspecified atom stereocenters. The number of H-pyrrole nitrogens is 2. The minimum absolute atomic E-state index is 0. The first-order valence-corrected chi connectivity index (χ1v) is 41.5.